The number of ether oxygens (including phenoxy) is 1. The Morgan fingerprint density at radius 2 is 1.87 bits per heavy atom. The van der Waals surface area contributed by atoms with E-state index in [1.807, 2.05) is 30.3 Å². The average molecular weight is 351 g/mol. The smallest absolute Gasteiger partial charge is 0.331 e. The van der Waals surface area contributed by atoms with Gasteiger partial charge in [-0.2, -0.15) is 0 Å². The van der Waals surface area contributed by atoms with Gasteiger partial charge in [0, 0.05) is 25.6 Å². The maximum Gasteiger partial charge on any atom is 0.331 e. The molecule has 124 valence electrons. The number of nitrogens with one attached hydrogen (secondary N) is 1. The maximum atomic E-state index is 12.1. The molecule has 0 radical (unpaired) electrons. The van der Waals surface area contributed by atoms with Gasteiger partial charge in [0.2, 0.25) is 0 Å². The molecule has 0 saturated heterocycles. The number of hydrogen-bond acceptors (Lipinski definition) is 4. The molecular weight excluding hydrogens is 328 g/mol. The van der Waals surface area contributed by atoms with Crippen molar-refractivity contribution in [1.29, 1.82) is 0 Å². The zero-order valence-electron chi connectivity index (χ0n) is 13.7. The number of aromatic amines is 1. The molecular formula is C16H22N2O3SSi. The van der Waals surface area contributed by atoms with Crippen LogP contribution in [0.4, 0.5) is 0 Å². The lowest BCUT2D eigenvalue weighted by Gasteiger charge is -2.16. The molecule has 0 atom stereocenters. The SMILES string of the molecule is C[Si](C)(C)CCOCn1c(Sc2ccccc2)cc(=O)[nH]c1=O. The van der Waals surface area contributed by atoms with Gasteiger partial charge in [0.1, 0.15) is 6.73 Å². The molecule has 5 nitrogen and oxygen atoms in total. The van der Waals surface area contributed by atoms with Crippen molar-refractivity contribution in [3.8, 4) is 0 Å². The molecule has 1 N–H and O–H groups in total. The molecule has 0 unspecified atom stereocenters. The number of benzene rings is 1. The fraction of sp³-hybridized carbons (Fsp3) is 0.375. The monoisotopic (exact) mass is 350 g/mol. The number of hydrogen-bond donors (Lipinski definition) is 1. The van der Waals surface area contributed by atoms with Gasteiger partial charge in [-0.3, -0.25) is 14.3 Å². The van der Waals surface area contributed by atoms with Crippen molar-refractivity contribution in [2.45, 2.75) is 42.3 Å². The van der Waals surface area contributed by atoms with Crippen LogP contribution in [0, 0.1) is 0 Å². The Labute approximate surface area is 140 Å². The molecule has 0 bridgehead atoms. The van der Waals surface area contributed by atoms with Crippen LogP contribution in [0.25, 0.3) is 0 Å². The molecule has 0 amide bonds. The van der Waals surface area contributed by atoms with E-state index in [0.29, 0.717) is 11.6 Å². The van der Waals surface area contributed by atoms with Gasteiger partial charge in [0.15, 0.2) is 0 Å². The minimum atomic E-state index is -1.17. The molecule has 0 aliphatic rings. The van der Waals surface area contributed by atoms with Gasteiger partial charge in [-0.25, -0.2) is 4.79 Å². The number of H-pyrrole nitrogens is 1. The average Bonchev–Trinajstić information content (AvgIpc) is 2.45. The van der Waals surface area contributed by atoms with Crippen molar-refractivity contribution in [3.05, 3.63) is 57.2 Å². The van der Waals surface area contributed by atoms with Gasteiger partial charge in [-0.05, 0) is 18.2 Å². The first-order valence-corrected chi connectivity index (χ1v) is 12.0. The lowest BCUT2D eigenvalue weighted by molar-refractivity contribution is 0.0777. The Hall–Kier alpha value is -1.57. The lowest BCUT2D eigenvalue weighted by Crippen LogP contribution is -2.32. The molecule has 2 aromatic rings. The second-order valence-electron chi connectivity index (χ2n) is 6.47. The Bertz CT molecular complexity index is 750. The van der Waals surface area contributed by atoms with Crippen LogP contribution in [0.3, 0.4) is 0 Å². The Morgan fingerprint density at radius 3 is 2.52 bits per heavy atom. The van der Waals surface area contributed by atoms with Crippen LogP contribution < -0.4 is 11.2 Å². The number of nitrogens with zero attached hydrogens (tertiary/aromatic N) is 1. The topological polar surface area (TPSA) is 64.1 Å². The quantitative estimate of drug-likeness (QED) is 0.474. The van der Waals surface area contributed by atoms with Crippen molar-refractivity contribution >= 4 is 19.8 Å². The van der Waals surface area contributed by atoms with Gasteiger partial charge >= 0.3 is 5.69 Å². The highest BCUT2D eigenvalue weighted by Crippen LogP contribution is 2.25. The Morgan fingerprint density at radius 1 is 1.17 bits per heavy atom. The lowest BCUT2D eigenvalue weighted by atomic mass is 10.4. The molecule has 0 aliphatic carbocycles. The maximum absolute atomic E-state index is 12.1. The summed E-state index contributed by atoms with van der Waals surface area (Å²) in [4.78, 5) is 26.9. The van der Waals surface area contributed by atoms with E-state index in [1.165, 1.54) is 22.4 Å². The number of aromatic nitrogens is 2. The van der Waals surface area contributed by atoms with Crippen LogP contribution in [0.5, 0.6) is 0 Å². The first-order chi connectivity index (χ1) is 10.8. The third-order valence-electron chi connectivity index (χ3n) is 3.18. The van der Waals surface area contributed by atoms with E-state index in [-0.39, 0.29) is 6.73 Å². The minimum absolute atomic E-state index is 0.148. The van der Waals surface area contributed by atoms with Crippen molar-refractivity contribution in [1.82, 2.24) is 9.55 Å². The first-order valence-electron chi connectivity index (χ1n) is 7.50. The number of rotatable bonds is 7. The largest absolute Gasteiger partial charge is 0.361 e. The summed E-state index contributed by atoms with van der Waals surface area (Å²) in [5.41, 5.74) is -0.837. The summed E-state index contributed by atoms with van der Waals surface area (Å²) < 4.78 is 7.12. The molecule has 0 spiro atoms. The second kappa shape index (κ2) is 7.81. The summed E-state index contributed by atoms with van der Waals surface area (Å²) >= 11 is 1.38. The predicted octanol–water partition coefficient (Wildman–Crippen LogP) is 3.00. The highest BCUT2D eigenvalue weighted by molar-refractivity contribution is 7.99. The molecule has 2 rings (SSSR count). The fourth-order valence-electron chi connectivity index (χ4n) is 1.85. The van der Waals surface area contributed by atoms with E-state index in [9.17, 15) is 9.59 Å². The highest BCUT2D eigenvalue weighted by Gasteiger charge is 2.13. The third kappa shape index (κ3) is 5.85. The van der Waals surface area contributed by atoms with Crippen LogP contribution >= 0.6 is 11.8 Å². The zero-order chi connectivity index (χ0) is 16.9. The Balaban J connectivity index is 2.14. The van der Waals surface area contributed by atoms with Crippen LogP contribution in [0.15, 0.2) is 55.9 Å². The molecule has 0 fully saturated rings. The fourth-order valence-corrected chi connectivity index (χ4v) is 3.55. The summed E-state index contributed by atoms with van der Waals surface area (Å²) in [6, 6.07) is 12.1. The van der Waals surface area contributed by atoms with Gasteiger partial charge in [0.25, 0.3) is 5.56 Å². The van der Waals surface area contributed by atoms with Crippen LogP contribution in [0.2, 0.25) is 25.7 Å². The van der Waals surface area contributed by atoms with Crippen LogP contribution in [0.1, 0.15) is 0 Å². The van der Waals surface area contributed by atoms with Crippen molar-refractivity contribution in [2.75, 3.05) is 6.61 Å². The van der Waals surface area contributed by atoms with Gasteiger partial charge in [0.05, 0.1) is 5.03 Å². The van der Waals surface area contributed by atoms with Crippen molar-refractivity contribution in [3.63, 3.8) is 0 Å². The first kappa shape index (κ1) is 17.8. The summed E-state index contributed by atoms with van der Waals surface area (Å²) in [5, 5.41) is 0.581. The molecule has 23 heavy (non-hydrogen) atoms. The van der Waals surface area contributed by atoms with Crippen molar-refractivity contribution in [2.24, 2.45) is 0 Å². The van der Waals surface area contributed by atoms with Gasteiger partial charge in [-0.15, -0.1) is 0 Å². The molecule has 7 heteroatoms. The molecule has 1 heterocycles. The Kier molecular flexibility index (Phi) is 6.03. The van der Waals surface area contributed by atoms with Crippen molar-refractivity contribution < 1.29 is 4.74 Å². The minimum Gasteiger partial charge on any atom is -0.361 e. The zero-order valence-corrected chi connectivity index (χ0v) is 15.5. The predicted molar refractivity (Wildman–Crippen MR) is 96.0 cm³/mol. The van der Waals surface area contributed by atoms with E-state index in [1.54, 1.807) is 0 Å². The summed E-state index contributed by atoms with van der Waals surface area (Å²) in [6.07, 6.45) is 0. The molecule has 1 aromatic heterocycles. The van der Waals surface area contributed by atoms with E-state index >= 15 is 0 Å². The molecule has 0 saturated carbocycles. The normalized spacial score (nSPS) is 11.6. The molecule has 1 aromatic carbocycles. The standard InChI is InChI=1S/C16H22N2O3SSi/c1-23(2,3)10-9-21-12-18-15(11-14(19)17-16(18)20)22-13-7-5-4-6-8-13/h4-8,11H,9-10,12H2,1-3H3,(H,17,19,20). The van der Waals surface area contributed by atoms with Gasteiger partial charge in [-0.1, -0.05) is 49.6 Å². The van der Waals surface area contributed by atoms with E-state index in [2.05, 4.69) is 24.6 Å². The summed E-state index contributed by atoms with van der Waals surface area (Å²) in [5.74, 6) is 0. The second-order valence-corrected chi connectivity index (χ2v) is 13.2. The highest BCUT2D eigenvalue weighted by atomic mass is 32.2. The van der Waals surface area contributed by atoms with E-state index in [0.717, 1.165) is 10.9 Å². The van der Waals surface area contributed by atoms with E-state index < -0.39 is 19.3 Å². The van der Waals surface area contributed by atoms with Crippen LogP contribution in [-0.2, 0) is 11.5 Å². The summed E-state index contributed by atoms with van der Waals surface area (Å²) in [6.45, 7) is 7.60. The van der Waals surface area contributed by atoms with E-state index in [4.69, 9.17) is 4.74 Å². The summed E-state index contributed by atoms with van der Waals surface area (Å²) in [7, 11) is -1.17. The third-order valence-corrected chi connectivity index (χ3v) is 5.94. The molecule has 0 aliphatic heterocycles. The van der Waals surface area contributed by atoms with Crippen LogP contribution in [-0.4, -0.2) is 24.2 Å². The van der Waals surface area contributed by atoms with Gasteiger partial charge < -0.3 is 4.74 Å².